The lowest BCUT2D eigenvalue weighted by molar-refractivity contribution is -0.0000253. The average Bonchev–Trinajstić information content (AvgIpc) is 2.65. The molecule has 12 nitrogen and oxygen atoms in total. The Bertz CT molecular complexity index is 397. The molecule has 0 saturated carbocycles. The fourth-order valence-electron chi connectivity index (χ4n) is 1.55. The number of hydrogen-bond acceptors (Lipinski definition) is 8. The van der Waals surface area contributed by atoms with Crippen LogP contribution >= 0.6 is 7.26 Å². The zero-order valence-corrected chi connectivity index (χ0v) is 16.6. The third-order valence-corrected chi connectivity index (χ3v) is 6.29. The van der Waals surface area contributed by atoms with Crippen molar-refractivity contribution in [2.75, 3.05) is 53.6 Å². The quantitative estimate of drug-likeness (QED) is 0.244. The van der Waals surface area contributed by atoms with Crippen LogP contribution in [0.4, 0.5) is 19.2 Å². The van der Waals surface area contributed by atoms with Gasteiger partial charge in [0.25, 0.3) is 0 Å². The van der Waals surface area contributed by atoms with E-state index in [-0.39, 0.29) is 37.6 Å². The molecule has 0 spiro atoms. The fraction of sp³-hybridized carbons (Fsp3) is 0.667. The van der Waals surface area contributed by atoms with Gasteiger partial charge in [0.05, 0.1) is 35.7 Å². The normalized spacial score (nSPS) is 9.69. The van der Waals surface area contributed by atoms with E-state index in [1.807, 2.05) is 0 Å². The van der Waals surface area contributed by atoms with Crippen LogP contribution in [0.1, 0.15) is 0 Å². The van der Waals surface area contributed by atoms with Gasteiger partial charge in [-0.15, -0.1) is 0 Å². The lowest BCUT2D eigenvalue weighted by Gasteiger charge is -2.27. The molecule has 0 aliphatic rings. The van der Waals surface area contributed by atoms with Gasteiger partial charge in [0.1, 0.15) is 25.1 Å². The number of methoxy groups -OCH3 is 4. The molecule has 0 aromatic heterocycles. The van der Waals surface area contributed by atoms with Crippen molar-refractivity contribution in [1.29, 1.82) is 0 Å². The SMILES string of the molecule is COC(=O)NC[P+](CNC(=O)OC)(CNC(=O)OC)CNC(=O)OC.[Cl-]. The second-order valence-corrected chi connectivity index (χ2v) is 8.60. The Kier molecular flexibility index (Phi) is 14.0. The van der Waals surface area contributed by atoms with Crippen LogP contribution in [-0.4, -0.2) is 78.0 Å². The topological polar surface area (TPSA) is 153 Å². The lowest BCUT2D eigenvalue weighted by atomic mass is 11.1. The van der Waals surface area contributed by atoms with Gasteiger partial charge in [0.15, 0.2) is 0 Å². The Hall–Kier alpha value is -2.20. The third-order valence-electron chi connectivity index (χ3n) is 2.98. The summed E-state index contributed by atoms with van der Waals surface area (Å²) in [5.41, 5.74) is 0. The summed E-state index contributed by atoms with van der Waals surface area (Å²) in [4.78, 5) is 45.6. The minimum atomic E-state index is -2.41. The van der Waals surface area contributed by atoms with Crippen LogP contribution in [0.3, 0.4) is 0 Å². The highest BCUT2D eigenvalue weighted by molar-refractivity contribution is 7.75. The highest BCUT2D eigenvalue weighted by Crippen LogP contribution is 2.54. The Balaban J connectivity index is 0. The van der Waals surface area contributed by atoms with Crippen molar-refractivity contribution >= 4 is 31.6 Å². The maximum atomic E-state index is 11.4. The molecule has 26 heavy (non-hydrogen) atoms. The summed E-state index contributed by atoms with van der Waals surface area (Å²) in [7, 11) is 2.37. The van der Waals surface area contributed by atoms with Gasteiger partial charge in [0, 0.05) is 0 Å². The van der Waals surface area contributed by atoms with Gasteiger partial charge in [-0.2, -0.15) is 0 Å². The van der Waals surface area contributed by atoms with Gasteiger partial charge in [-0.1, -0.05) is 0 Å². The van der Waals surface area contributed by atoms with E-state index in [1.54, 1.807) is 0 Å². The number of hydrogen-bond donors (Lipinski definition) is 4. The first kappa shape index (κ1) is 26.0. The van der Waals surface area contributed by atoms with E-state index >= 15 is 0 Å². The molecule has 152 valence electrons. The van der Waals surface area contributed by atoms with Gasteiger partial charge in [-0.05, 0) is 0 Å². The van der Waals surface area contributed by atoms with E-state index in [1.165, 1.54) is 28.4 Å². The Labute approximate surface area is 157 Å². The molecule has 0 saturated heterocycles. The molecule has 14 heteroatoms. The van der Waals surface area contributed by atoms with E-state index in [0.29, 0.717) is 0 Å². The predicted octanol–water partition coefficient (Wildman–Crippen LogP) is -2.74. The van der Waals surface area contributed by atoms with Crippen molar-refractivity contribution in [1.82, 2.24) is 21.3 Å². The van der Waals surface area contributed by atoms with E-state index in [2.05, 4.69) is 40.2 Å². The summed E-state index contributed by atoms with van der Waals surface area (Å²) in [5.74, 6) is 0. The summed E-state index contributed by atoms with van der Waals surface area (Å²) in [5, 5.41) is 10.0. The lowest BCUT2D eigenvalue weighted by Crippen LogP contribution is -3.00. The molecule has 0 aromatic carbocycles. The zero-order chi connectivity index (χ0) is 19.3. The summed E-state index contributed by atoms with van der Waals surface area (Å²) < 4.78 is 18.1. The summed E-state index contributed by atoms with van der Waals surface area (Å²) >= 11 is 0. The van der Waals surface area contributed by atoms with Crippen LogP contribution < -0.4 is 33.7 Å². The number of amides is 4. The molecular weight excluding hydrogens is 395 g/mol. The van der Waals surface area contributed by atoms with Gasteiger partial charge >= 0.3 is 24.4 Å². The molecule has 0 rings (SSSR count). The number of ether oxygens (including phenoxy) is 4. The number of carbonyl (C=O) groups is 4. The number of nitrogens with one attached hydrogen (secondary N) is 4. The third kappa shape index (κ3) is 10.6. The van der Waals surface area contributed by atoms with E-state index in [4.69, 9.17) is 0 Å². The molecule has 4 N–H and O–H groups in total. The first-order valence-corrected chi connectivity index (χ1v) is 9.47. The Morgan fingerprint density at radius 3 is 0.923 bits per heavy atom. The van der Waals surface area contributed by atoms with Gasteiger partial charge in [-0.25, -0.2) is 19.2 Å². The summed E-state index contributed by atoms with van der Waals surface area (Å²) in [6, 6.07) is 0. The van der Waals surface area contributed by atoms with Crippen molar-refractivity contribution in [3.63, 3.8) is 0 Å². The second-order valence-electron chi connectivity index (χ2n) is 4.65. The van der Waals surface area contributed by atoms with Crippen LogP contribution in [0.15, 0.2) is 0 Å². The standard InChI is InChI=1S/C12H23N4O8P.ClH/c1-21-9(17)13-5-25(6-14-10(18)22-2,7-15-11(19)23-3)8-16-12(20)24-4;/h5-8H2,1-4H3,(H3-,13,14,15,16,17,18,19,20);1H. The van der Waals surface area contributed by atoms with Crippen LogP contribution in [-0.2, 0) is 18.9 Å². The molecule has 0 bridgehead atoms. The minimum Gasteiger partial charge on any atom is -1.00 e. The largest absolute Gasteiger partial charge is 1.00 e. The van der Waals surface area contributed by atoms with Gasteiger partial charge in [0.2, 0.25) is 0 Å². The fourth-order valence-corrected chi connectivity index (χ4v) is 4.08. The smallest absolute Gasteiger partial charge is 0.409 e. The molecule has 0 aromatic rings. The first-order chi connectivity index (χ1) is 11.8. The van der Waals surface area contributed by atoms with Crippen molar-refractivity contribution in [3.05, 3.63) is 0 Å². The Morgan fingerprint density at radius 2 is 0.769 bits per heavy atom. The molecule has 0 unspecified atom stereocenters. The molecular formula is C12H24ClN4O8P. The monoisotopic (exact) mass is 418 g/mol. The molecule has 0 fully saturated rings. The maximum Gasteiger partial charge on any atom is 0.409 e. The zero-order valence-electron chi connectivity index (χ0n) is 14.9. The Morgan fingerprint density at radius 1 is 0.577 bits per heavy atom. The van der Waals surface area contributed by atoms with Crippen molar-refractivity contribution in [2.45, 2.75) is 0 Å². The number of halogens is 1. The number of rotatable bonds is 8. The average molecular weight is 419 g/mol. The molecule has 4 amide bonds. The minimum absolute atomic E-state index is 0. The van der Waals surface area contributed by atoms with E-state index in [9.17, 15) is 19.2 Å². The molecule has 0 atom stereocenters. The van der Waals surface area contributed by atoms with Gasteiger partial charge in [-0.3, -0.25) is 21.3 Å². The van der Waals surface area contributed by atoms with Gasteiger partial charge < -0.3 is 31.4 Å². The van der Waals surface area contributed by atoms with Crippen molar-refractivity contribution < 1.29 is 50.5 Å². The number of alkyl carbamates (subject to hydrolysis) is 4. The molecule has 0 aliphatic carbocycles. The van der Waals surface area contributed by atoms with Crippen LogP contribution in [0.25, 0.3) is 0 Å². The van der Waals surface area contributed by atoms with Crippen LogP contribution in [0.5, 0.6) is 0 Å². The molecule has 0 heterocycles. The maximum absolute atomic E-state index is 11.4. The predicted molar refractivity (Wildman–Crippen MR) is 88.6 cm³/mol. The van der Waals surface area contributed by atoms with E-state index < -0.39 is 31.6 Å². The van der Waals surface area contributed by atoms with Crippen molar-refractivity contribution in [3.8, 4) is 0 Å². The highest BCUT2D eigenvalue weighted by Gasteiger charge is 2.40. The van der Waals surface area contributed by atoms with Crippen molar-refractivity contribution in [2.24, 2.45) is 0 Å². The number of carbonyl (C=O) groups excluding carboxylic acids is 4. The van der Waals surface area contributed by atoms with Crippen LogP contribution in [0.2, 0.25) is 0 Å². The highest BCUT2D eigenvalue weighted by atomic mass is 35.5. The molecule has 0 aliphatic heterocycles. The molecule has 0 radical (unpaired) electrons. The van der Waals surface area contributed by atoms with E-state index in [0.717, 1.165) is 0 Å². The van der Waals surface area contributed by atoms with Crippen LogP contribution in [0, 0.1) is 0 Å². The second kappa shape index (κ2) is 14.0. The summed E-state index contributed by atoms with van der Waals surface area (Å²) in [6.45, 7) is 0. The summed E-state index contributed by atoms with van der Waals surface area (Å²) in [6.07, 6.45) is -2.57. The first-order valence-electron chi connectivity index (χ1n) is 6.95.